The molecule has 0 spiro atoms. The van der Waals surface area contributed by atoms with E-state index in [0.29, 0.717) is 0 Å². The van der Waals surface area contributed by atoms with Crippen molar-refractivity contribution >= 4 is 17.6 Å². The van der Waals surface area contributed by atoms with Crippen LogP contribution in [0.3, 0.4) is 0 Å². The molecule has 0 amide bonds. The Kier molecular flexibility index (Phi) is 4.57. The molecule has 5 heteroatoms. The number of ether oxygens (including phenoxy) is 2. The maximum atomic E-state index is 13.2. The normalized spacial score (nSPS) is 13.0. The monoisotopic (exact) mass is 274 g/mol. The Balaban J connectivity index is 2.66. The molecular formula is C13H16ClFO3. The average Bonchev–Trinajstić information content (AvgIpc) is 2.21. The van der Waals surface area contributed by atoms with E-state index in [9.17, 15) is 9.18 Å². The minimum Gasteiger partial charge on any atom is -0.479 e. The van der Waals surface area contributed by atoms with Gasteiger partial charge in [0.15, 0.2) is 6.10 Å². The van der Waals surface area contributed by atoms with E-state index in [0.717, 1.165) is 6.07 Å². The summed E-state index contributed by atoms with van der Waals surface area (Å²) in [7, 11) is 0. The standard InChI is InChI=1S/C13H16ClFO3/c1-8(12(16)18-13(2,3)4)17-9-5-6-10(14)11(15)7-9/h5-8H,1-4H3. The van der Waals surface area contributed by atoms with Crippen molar-refractivity contribution in [1.82, 2.24) is 0 Å². The summed E-state index contributed by atoms with van der Waals surface area (Å²) < 4.78 is 23.6. The van der Waals surface area contributed by atoms with Crippen molar-refractivity contribution in [2.24, 2.45) is 0 Å². The Morgan fingerprint density at radius 3 is 2.50 bits per heavy atom. The molecule has 0 saturated heterocycles. The van der Waals surface area contributed by atoms with E-state index < -0.39 is 23.5 Å². The van der Waals surface area contributed by atoms with Crippen LogP contribution in [-0.2, 0) is 9.53 Å². The van der Waals surface area contributed by atoms with Crippen LogP contribution in [0, 0.1) is 5.82 Å². The van der Waals surface area contributed by atoms with Crippen molar-refractivity contribution in [3.05, 3.63) is 29.0 Å². The van der Waals surface area contributed by atoms with Crippen LogP contribution < -0.4 is 4.74 Å². The fourth-order valence-electron chi connectivity index (χ4n) is 1.19. The molecule has 0 bridgehead atoms. The Hall–Kier alpha value is -1.29. The first-order valence-electron chi connectivity index (χ1n) is 5.53. The third-order valence-electron chi connectivity index (χ3n) is 1.94. The molecule has 0 aliphatic rings. The lowest BCUT2D eigenvalue weighted by atomic mass is 10.2. The molecular weight excluding hydrogens is 259 g/mol. The number of benzene rings is 1. The van der Waals surface area contributed by atoms with Crippen LogP contribution in [0.25, 0.3) is 0 Å². The van der Waals surface area contributed by atoms with Crippen LogP contribution in [0.1, 0.15) is 27.7 Å². The van der Waals surface area contributed by atoms with Crippen LogP contribution in [0.4, 0.5) is 4.39 Å². The first-order chi connectivity index (χ1) is 8.19. The first kappa shape index (κ1) is 14.8. The van der Waals surface area contributed by atoms with Gasteiger partial charge in [0.25, 0.3) is 0 Å². The molecule has 18 heavy (non-hydrogen) atoms. The van der Waals surface area contributed by atoms with Crippen LogP contribution in [-0.4, -0.2) is 17.7 Å². The molecule has 0 saturated carbocycles. The van der Waals surface area contributed by atoms with Crippen LogP contribution in [0.5, 0.6) is 5.75 Å². The fourth-order valence-corrected chi connectivity index (χ4v) is 1.30. The van der Waals surface area contributed by atoms with E-state index in [1.807, 2.05) is 0 Å². The van der Waals surface area contributed by atoms with E-state index in [-0.39, 0.29) is 10.8 Å². The van der Waals surface area contributed by atoms with Crippen molar-refractivity contribution in [3.8, 4) is 5.75 Å². The Bertz CT molecular complexity index is 440. The summed E-state index contributed by atoms with van der Waals surface area (Å²) in [5.41, 5.74) is -0.583. The second-order valence-corrected chi connectivity index (χ2v) is 5.28. The molecule has 1 aromatic rings. The highest BCUT2D eigenvalue weighted by atomic mass is 35.5. The van der Waals surface area contributed by atoms with Crippen molar-refractivity contribution in [3.63, 3.8) is 0 Å². The van der Waals surface area contributed by atoms with Gasteiger partial charge < -0.3 is 9.47 Å². The zero-order valence-corrected chi connectivity index (χ0v) is 11.5. The number of halogens is 2. The molecule has 1 aromatic carbocycles. The van der Waals surface area contributed by atoms with Gasteiger partial charge in [0, 0.05) is 6.07 Å². The van der Waals surface area contributed by atoms with Gasteiger partial charge in [-0.1, -0.05) is 11.6 Å². The maximum Gasteiger partial charge on any atom is 0.347 e. The molecule has 1 rings (SSSR count). The summed E-state index contributed by atoms with van der Waals surface area (Å²) in [6, 6.07) is 3.99. The van der Waals surface area contributed by atoms with E-state index in [1.54, 1.807) is 27.7 Å². The molecule has 0 fully saturated rings. The summed E-state index contributed by atoms with van der Waals surface area (Å²) in [6.07, 6.45) is -0.815. The highest BCUT2D eigenvalue weighted by molar-refractivity contribution is 6.30. The quantitative estimate of drug-likeness (QED) is 0.790. The molecule has 1 atom stereocenters. The van der Waals surface area contributed by atoms with Crippen LogP contribution in [0.2, 0.25) is 5.02 Å². The third kappa shape index (κ3) is 4.53. The predicted octanol–water partition coefficient (Wildman–Crippen LogP) is 3.59. The molecule has 0 aromatic heterocycles. The van der Waals surface area contributed by atoms with E-state index >= 15 is 0 Å². The van der Waals surface area contributed by atoms with Gasteiger partial charge in [-0.15, -0.1) is 0 Å². The minimum atomic E-state index is -0.815. The average molecular weight is 275 g/mol. The minimum absolute atomic E-state index is 0.00673. The topological polar surface area (TPSA) is 35.5 Å². The second kappa shape index (κ2) is 5.57. The summed E-state index contributed by atoms with van der Waals surface area (Å²) in [4.78, 5) is 11.6. The van der Waals surface area contributed by atoms with Gasteiger partial charge in [0.2, 0.25) is 0 Å². The Morgan fingerprint density at radius 1 is 1.39 bits per heavy atom. The maximum absolute atomic E-state index is 13.2. The Labute approximate surface area is 111 Å². The lowest BCUT2D eigenvalue weighted by Gasteiger charge is -2.22. The number of rotatable bonds is 3. The lowest BCUT2D eigenvalue weighted by Crippen LogP contribution is -2.33. The summed E-state index contributed by atoms with van der Waals surface area (Å²) >= 11 is 5.54. The third-order valence-corrected chi connectivity index (χ3v) is 2.25. The van der Waals surface area contributed by atoms with Crippen molar-refractivity contribution in [2.75, 3.05) is 0 Å². The van der Waals surface area contributed by atoms with Crippen molar-refractivity contribution < 1.29 is 18.7 Å². The fraction of sp³-hybridized carbons (Fsp3) is 0.462. The van der Waals surface area contributed by atoms with Crippen LogP contribution in [0.15, 0.2) is 18.2 Å². The number of hydrogen-bond acceptors (Lipinski definition) is 3. The highest BCUT2D eigenvalue weighted by Crippen LogP contribution is 2.21. The predicted molar refractivity (Wildman–Crippen MR) is 67.3 cm³/mol. The number of hydrogen-bond donors (Lipinski definition) is 0. The second-order valence-electron chi connectivity index (χ2n) is 4.87. The van der Waals surface area contributed by atoms with Gasteiger partial charge in [0.1, 0.15) is 17.2 Å². The van der Waals surface area contributed by atoms with Gasteiger partial charge in [0.05, 0.1) is 5.02 Å². The SMILES string of the molecule is CC(Oc1ccc(Cl)c(F)c1)C(=O)OC(C)(C)C. The molecule has 0 aliphatic carbocycles. The summed E-state index contributed by atoms with van der Waals surface area (Å²) in [6.45, 7) is 6.83. The Morgan fingerprint density at radius 2 is 2.00 bits per heavy atom. The largest absolute Gasteiger partial charge is 0.479 e. The smallest absolute Gasteiger partial charge is 0.347 e. The number of carbonyl (C=O) groups excluding carboxylic acids is 1. The molecule has 0 heterocycles. The van der Waals surface area contributed by atoms with E-state index in [2.05, 4.69) is 0 Å². The van der Waals surface area contributed by atoms with Gasteiger partial charge in [-0.25, -0.2) is 9.18 Å². The lowest BCUT2D eigenvalue weighted by molar-refractivity contribution is -0.162. The van der Waals surface area contributed by atoms with Gasteiger partial charge >= 0.3 is 5.97 Å². The first-order valence-corrected chi connectivity index (χ1v) is 5.91. The number of carbonyl (C=O) groups is 1. The van der Waals surface area contributed by atoms with E-state index in [1.165, 1.54) is 12.1 Å². The highest BCUT2D eigenvalue weighted by Gasteiger charge is 2.23. The van der Waals surface area contributed by atoms with Gasteiger partial charge in [-0.05, 0) is 39.8 Å². The molecule has 1 unspecified atom stereocenters. The molecule has 0 N–H and O–H groups in total. The van der Waals surface area contributed by atoms with Gasteiger partial charge in [-0.2, -0.15) is 0 Å². The summed E-state index contributed by atoms with van der Waals surface area (Å²) in [5, 5.41) is 0.00673. The molecule has 100 valence electrons. The molecule has 3 nitrogen and oxygen atoms in total. The van der Waals surface area contributed by atoms with Crippen molar-refractivity contribution in [1.29, 1.82) is 0 Å². The summed E-state index contributed by atoms with van der Waals surface area (Å²) in [5.74, 6) is -0.862. The zero-order chi connectivity index (χ0) is 13.9. The molecule has 0 aliphatic heterocycles. The van der Waals surface area contributed by atoms with Crippen LogP contribution >= 0.6 is 11.6 Å². The number of esters is 1. The zero-order valence-electron chi connectivity index (χ0n) is 10.8. The van der Waals surface area contributed by atoms with Crippen molar-refractivity contribution in [2.45, 2.75) is 39.4 Å². The molecule has 0 radical (unpaired) electrons. The van der Waals surface area contributed by atoms with Gasteiger partial charge in [-0.3, -0.25) is 0 Å². The van der Waals surface area contributed by atoms with E-state index in [4.69, 9.17) is 21.1 Å².